The number of esters is 1. The van der Waals surface area contributed by atoms with Crippen molar-refractivity contribution in [1.29, 1.82) is 0 Å². The number of aliphatic hydroxyl groups is 1. The van der Waals surface area contributed by atoms with Crippen molar-refractivity contribution in [3.8, 4) is 0 Å². The number of ether oxygens (including phenoxy) is 1. The molecule has 4 heteroatoms. The van der Waals surface area contributed by atoms with E-state index < -0.39 is 0 Å². The standard InChI is InChI=1S/C4H6O2.C2H5N.C2H4O/c1-3-6-4(2)5;2*1-2-3/h3H,1H2,2H3;2H,1,3H2;2-3H,1H2. The van der Waals surface area contributed by atoms with E-state index in [1.807, 2.05) is 0 Å². The second-order valence-electron chi connectivity index (χ2n) is 1.19. The maximum atomic E-state index is 9.75. The van der Waals surface area contributed by atoms with Gasteiger partial charge in [-0.15, -0.1) is 0 Å². The molecule has 70 valence electrons. The molecule has 0 amide bonds. The summed E-state index contributed by atoms with van der Waals surface area (Å²) in [5.41, 5.74) is 4.61. The number of rotatable bonds is 1. The number of carbonyl (C=O) groups excluding carboxylic acids is 1. The highest BCUT2D eigenvalue weighted by Crippen LogP contribution is 1.70. The van der Waals surface area contributed by atoms with E-state index in [1.54, 1.807) is 0 Å². The minimum atomic E-state index is -0.329. The van der Waals surface area contributed by atoms with Crippen LogP contribution in [0.25, 0.3) is 0 Å². The van der Waals surface area contributed by atoms with E-state index in [0.717, 1.165) is 12.5 Å². The third-order valence-corrected chi connectivity index (χ3v) is 0.249. The van der Waals surface area contributed by atoms with Gasteiger partial charge in [0.05, 0.1) is 12.5 Å². The molecule has 0 radical (unpaired) electrons. The monoisotopic (exact) mass is 173 g/mol. The van der Waals surface area contributed by atoms with Crippen molar-refractivity contribution in [1.82, 2.24) is 0 Å². The molecule has 0 rings (SSSR count). The summed E-state index contributed by atoms with van der Waals surface area (Å²) >= 11 is 0. The van der Waals surface area contributed by atoms with E-state index in [4.69, 9.17) is 5.11 Å². The molecule has 0 saturated heterocycles. The topological polar surface area (TPSA) is 72.6 Å². The van der Waals surface area contributed by atoms with Crippen molar-refractivity contribution < 1.29 is 14.6 Å². The van der Waals surface area contributed by atoms with Crippen LogP contribution in [0.2, 0.25) is 0 Å². The molecule has 0 aromatic carbocycles. The van der Waals surface area contributed by atoms with Crippen molar-refractivity contribution in [2.75, 3.05) is 0 Å². The van der Waals surface area contributed by atoms with Gasteiger partial charge >= 0.3 is 5.97 Å². The zero-order chi connectivity index (χ0) is 10.4. The van der Waals surface area contributed by atoms with Crippen molar-refractivity contribution >= 4 is 5.97 Å². The summed E-state index contributed by atoms with van der Waals surface area (Å²) in [7, 11) is 0. The summed E-state index contributed by atoms with van der Waals surface area (Å²) < 4.78 is 4.17. The Kier molecular flexibility index (Phi) is 31.8. The summed E-state index contributed by atoms with van der Waals surface area (Å²) in [6, 6.07) is 0. The van der Waals surface area contributed by atoms with Gasteiger partial charge in [-0.25, -0.2) is 0 Å². The quantitative estimate of drug-likeness (QED) is 0.465. The minimum Gasteiger partial charge on any atom is -0.516 e. The zero-order valence-corrected chi connectivity index (χ0v) is 7.19. The lowest BCUT2D eigenvalue weighted by molar-refractivity contribution is -0.135. The number of aliphatic hydroxyl groups excluding tert-OH is 1. The molecule has 0 aliphatic heterocycles. The fourth-order valence-corrected chi connectivity index (χ4v) is 0.117. The number of hydrogen-bond donors (Lipinski definition) is 2. The van der Waals surface area contributed by atoms with Gasteiger partial charge in [-0.1, -0.05) is 19.7 Å². The Morgan fingerprint density at radius 2 is 1.75 bits per heavy atom. The number of carbonyl (C=O) groups is 1. The van der Waals surface area contributed by atoms with Crippen LogP contribution in [-0.2, 0) is 9.53 Å². The molecule has 0 unspecified atom stereocenters. The van der Waals surface area contributed by atoms with Gasteiger partial charge in [0.1, 0.15) is 0 Å². The zero-order valence-electron chi connectivity index (χ0n) is 7.19. The molecule has 12 heavy (non-hydrogen) atoms. The van der Waals surface area contributed by atoms with Crippen LogP contribution < -0.4 is 5.73 Å². The van der Waals surface area contributed by atoms with Gasteiger partial charge in [0.25, 0.3) is 0 Å². The average Bonchev–Trinajstić information content (AvgIpc) is 1.89. The van der Waals surface area contributed by atoms with Gasteiger partial charge in [-0.05, 0) is 6.20 Å². The molecule has 0 aliphatic rings. The van der Waals surface area contributed by atoms with Gasteiger partial charge in [-0.3, -0.25) is 4.79 Å². The van der Waals surface area contributed by atoms with Crippen molar-refractivity contribution in [3.63, 3.8) is 0 Å². The molecule has 0 aromatic rings. The Morgan fingerprint density at radius 3 is 1.75 bits per heavy atom. The molecule has 0 fully saturated rings. The van der Waals surface area contributed by atoms with Crippen LogP contribution in [0.4, 0.5) is 0 Å². The minimum absolute atomic E-state index is 0.329. The summed E-state index contributed by atoms with van der Waals surface area (Å²) in [5.74, 6) is -0.329. The third-order valence-electron chi connectivity index (χ3n) is 0.249. The smallest absolute Gasteiger partial charge is 0.307 e. The molecular formula is C8H15NO3. The maximum absolute atomic E-state index is 9.75. The molecule has 0 spiro atoms. The Balaban J connectivity index is -0.000000115. The summed E-state index contributed by atoms with van der Waals surface area (Å²) in [6.07, 6.45) is 3.10. The fraction of sp³-hybridized carbons (Fsp3) is 0.125. The molecule has 4 nitrogen and oxygen atoms in total. The lowest BCUT2D eigenvalue weighted by Crippen LogP contribution is -1.87. The first-order valence-corrected chi connectivity index (χ1v) is 2.96. The summed E-state index contributed by atoms with van der Waals surface area (Å²) in [6.45, 7) is 10.5. The van der Waals surface area contributed by atoms with Gasteiger partial charge in [-0.2, -0.15) is 0 Å². The lowest BCUT2D eigenvalue weighted by atomic mass is 10.8. The predicted octanol–water partition coefficient (Wildman–Crippen LogP) is 1.47. The molecule has 0 aliphatic carbocycles. The molecule has 0 aromatic heterocycles. The first-order valence-electron chi connectivity index (χ1n) is 2.96. The van der Waals surface area contributed by atoms with Crippen LogP contribution >= 0.6 is 0 Å². The first-order chi connectivity index (χ1) is 5.60. The SMILES string of the molecule is C=CN.C=CO.C=COC(C)=O. The van der Waals surface area contributed by atoms with Crippen LogP contribution in [0.15, 0.2) is 38.5 Å². The van der Waals surface area contributed by atoms with Crippen LogP contribution in [0.5, 0.6) is 0 Å². The summed E-state index contributed by atoms with van der Waals surface area (Å²) in [5, 5.41) is 7.33. The molecular weight excluding hydrogens is 158 g/mol. The fourth-order valence-electron chi connectivity index (χ4n) is 0.117. The van der Waals surface area contributed by atoms with E-state index in [1.165, 1.54) is 13.1 Å². The second-order valence-corrected chi connectivity index (χ2v) is 1.19. The van der Waals surface area contributed by atoms with E-state index in [2.05, 4.69) is 30.2 Å². The van der Waals surface area contributed by atoms with Crippen molar-refractivity contribution in [3.05, 3.63) is 38.5 Å². The molecule has 0 atom stereocenters. The lowest BCUT2D eigenvalue weighted by Gasteiger charge is -1.83. The Hall–Kier alpha value is -1.71. The van der Waals surface area contributed by atoms with Crippen LogP contribution in [0.3, 0.4) is 0 Å². The molecule has 3 N–H and O–H groups in total. The summed E-state index contributed by atoms with van der Waals surface area (Å²) in [4.78, 5) is 9.75. The van der Waals surface area contributed by atoms with Crippen LogP contribution in [-0.4, -0.2) is 11.1 Å². The van der Waals surface area contributed by atoms with Gasteiger partial charge in [0.15, 0.2) is 0 Å². The Labute approximate surface area is 72.6 Å². The molecule has 0 bridgehead atoms. The predicted molar refractivity (Wildman–Crippen MR) is 49.2 cm³/mol. The Bertz CT molecular complexity index is 126. The number of hydrogen-bond acceptors (Lipinski definition) is 4. The van der Waals surface area contributed by atoms with E-state index in [-0.39, 0.29) is 5.97 Å². The van der Waals surface area contributed by atoms with E-state index in [9.17, 15) is 4.79 Å². The van der Waals surface area contributed by atoms with E-state index in [0.29, 0.717) is 0 Å². The van der Waals surface area contributed by atoms with Crippen LogP contribution in [0, 0.1) is 0 Å². The van der Waals surface area contributed by atoms with E-state index >= 15 is 0 Å². The normalized spacial score (nSPS) is 5.42. The Morgan fingerprint density at radius 1 is 1.50 bits per heavy atom. The van der Waals surface area contributed by atoms with Crippen LogP contribution in [0.1, 0.15) is 6.92 Å². The van der Waals surface area contributed by atoms with Gasteiger partial charge in [0, 0.05) is 6.92 Å². The first kappa shape index (κ1) is 16.7. The highest BCUT2D eigenvalue weighted by atomic mass is 16.5. The molecule has 0 heterocycles. The highest BCUT2D eigenvalue weighted by Gasteiger charge is 1.79. The molecule has 0 saturated carbocycles. The number of nitrogens with two attached hydrogens (primary N) is 1. The average molecular weight is 173 g/mol. The van der Waals surface area contributed by atoms with Crippen molar-refractivity contribution in [2.45, 2.75) is 6.92 Å². The third kappa shape index (κ3) is 265. The largest absolute Gasteiger partial charge is 0.516 e. The van der Waals surface area contributed by atoms with Gasteiger partial charge < -0.3 is 15.6 Å². The van der Waals surface area contributed by atoms with Crippen molar-refractivity contribution in [2.24, 2.45) is 5.73 Å². The second kappa shape index (κ2) is 22.8. The maximum Gasteiger partial charge on any atom is 0.307 e. The van der Waals surface area contributed by atoms with Gasteiger partial charge in [0.2, 0.25) is 0 Å². The highest BCUT2D eigenvalue weighted by molar-refractivity contribution is 5.66.